The molecule has 0 fully saturated rings. The van der Waals surface area contributed by atoms with Gasteiger partial charge in [-0.05, 0) is 44.7 Å². The fourth-order valence-corrected chi connectivity index (χ4v) is 1.74. The van der Waals surface area contributed by atoms with Crippen molar-refractivity contribution in [2.45, 2.75) is 26.3 Å². The SMILES string of the molecule is CNC(C)Cc1noc(/C(C)=C/c2ccc(F)cc2)n1.Cl. The Morgan fingerprint density at radius 2 is 2.05 bits per heavy atom. The summed E-state index contributed by atoms with van der Waals surface area (Å²) in [5.74, 6) is 0.919. The van der Waals surface area contributed by atoms with Crippen LogP contribution in [0.1, 0.15) is 31.1 Å². The molecule has 4 nitrogen and oxygen atoms in total. The zero-order chi connectivity index (χ0) is 14.5. The average Bonchev–Trinajstić information content (AvgIpc) is 2.89. The number of hydrogen-bond acceptors (Lipinski definition) is 4. The maximum atomic E-state index is 12.8. The number of likely N-dealkylation sites (N-methyl/N-ethyl adjacent to an activating group) is 1. The Balaban J connectivity index is 0.00000220. The minimum absolute atomic E-state index is 0. The molecule has 1 unspecified atom stereocenters. The molecule has 0 amide bonds. The first-order valence-corrected chi connectivity index (χ1v) is 6.52. The number of allylic oxidation sites excluding steroid dienone is 1. The van der Waals surface area contributed by atoms with Crippen molar-refractivity contribution in [1.82, 2.24) is 15.5 Å². The van der Waals surface area contributed by atoms with Crippen LogP contribution >= 0.6 is 12.4 Å². The molecule has 0 aliphatic heterocycles. The summed E-state index contributed by atoms with van der Waals surface area (Å²) in [5, 5.41) is 7.08. The van der Waals surface area contributed by atoms with Crippen LogP contribution in [0.15, 0.2) is 28.8 Å². The summed E-state index contributed by atoms with van der Waals surface area (Å²) in [7, 11) is 1.89. The Labute approximate surface area is 129 Å². The number of halogens is 2. The molecule has 0 saturated heterocycles. The molecule has 1 atom stereocenters. The molecule has 0 aliphatic carbocycles. The van der Waals surface area contributed by atoms with Crippen molar-refractivity contribution in [2.75, 3.05) is 7.05 Å². The van der Waals surface area contributed by atoms with Crippen LogP contribution < -0.4 is 5.32 Å². The fourth-order valence-electron chi connectivity index (χ4n) is 1.74. The highest BCUT2D eigenvalue weighted by atomic mass is 35.5. The van der Waals surface area contributed by atoms with Gasteiger partial charge in [0.05, 0.1) is 0 Å². The predicted octanol–water partition coefficient (Wildman–Crippen LogP) is 3.34. The van der Waals surface area contributed by atoms with Crippen LogP contribution in [0.25, 0.3) is 11.6 Å². The molecular weight excluding hydrogens is 293 g/mol. The Morgan fingerprint density at radius 3 is 2.67 bits per heavy atom. The van der Waals surface area contributed by atoms with Crippen molar-refractivity contribution in [2.24, 2.45) is 0 Å². The maximum Gasteiger partial charge on any atom is 0.253 e. The monoisotopic (exact) mass is 311 g/mol. The molecule has 0 bridgehead atoms. The second kappa shape index (κ2) is 7.90. The number of nitrogens with zero attached hydrogens (tertiary/aromatic N) is 2. The van der Waals surface area contributed by atoms with Crippen molar-refractivity contribution < 1.29 is 8.91 Å². The summed E-state index contributed by atoms with van der Waals surface area (Å²) in [4.78, 5) is 4.35. The van der Waals surface area contributed by atoms with Gasteiger partial charge < -0.3 is 9.84 Å². The third-order valence-electron chi connectivity index (χ3n) is 3.04. The second-order valence-corrected chi connectivity index (χ2v) is 4.79. The lowest BCUT2D eigenvalue weighted by molar-refractivity contribution is 0.397. The number of nitrogens with one attached hydrogen (secondary N) is 1. The van der Waals surface area contributed by atoms with Crippen LogP contribution in [0.2, 0.25) is 0 Å². The van der Waals surface area contributed by atoms with E-state index in [4.69, 9.17) is 4.52 Å². The van der Waals surface area contributed by atoms with Crippen molar-refractivity contribution >= 4 is 24.1 Å². The van der Waals surface area contributed by atoms with Crippen LogP contribution in [0.4, 0.5) is 4.39 Å². The van der Waals surface area contributed by atoms with Crippen molar-refractivity contribution in [3.8, 4) is 0 Å². The zero-order valence-corrected chi connectivity index (χ0v) is 13.1. The van der Waals surface area contributed by atoms with E-state index < -0.39 is 0 Å². The summed E-state index contributed by atoms with van der Waals surface area (Å²) < 4.78 is 18.1. The molecule has 21 heavy (non-hydrogen) atoms. The van der Waals surface area contributed by atoms with Gasteiger partial charge in [-0.3, -0.25) is 0 Å². The Bertz CT molecular complexity index is 595. The van der Waals surface area contributed by atoms with Crippen molar-refractivity contribution in [3.63, 3.8) is 0 Å². The van der Waals surface area contributed by atoms with E-state index in [1.807, 2.05) is 20.0 Å². The molecule has 1 heterocycles. The topological polar surface area (TPSA) is 51.0 Å². The first-order valence-electron chi connectivity index (χ1n) is 6.52. The van der Waals surface area contributed by atoms with Gasteiger partial charge in [-0.1, -0.05) is 17.3 Å². The van der Waals surface area contributed by atoms with Crippen molar-refractivity contribution in [1.29, 1.82) is 0 Å². The molecule has 2 aromatic rings. The molecule has 0 spiro atoms. The van der Waals surface area contributed by atoms with Gasteiger partial charge in [-0.25, -0.2) is 4.39 Å². The second-order valence-electron chi connectivity index (χ2n) is 4.79. The van der Waals surface area contributed by atoms with E-state index in [-0.39, 0.29) is 18.2 Å². The van der Waals surface area contributed by atoms with E-state index in [1.54, 1.807) is 12.1 Å². The number of aromatic nitrogens is 2. The third-order valence-corrected chi connectivity index (χ3v) is 3.04. The highest BCUT2D eigenvalue weighted by Gasteiger charge is 2.10. The van der Waals surface area contributed by atoms with Crippen LogP contribution in [-0.4, -0.2) is 23.2 Å². The van der Waals surface area contributed by atoms with E-state index in [1.165, 1.54) is 12.1 Å². The normalized spacial score (nSPS) is 12.9. The molecular formula is C15H19ClFN3O. The van der Waals surface area contributed by atoms with E-state index >= 15 is 0 Å². The lowest BCUT2D eigenvalue weighted by Crippen LogP contribution is -2.24. The molecule has 0 aliphatic rings. The highest BCUT2D eigenvalue weighted by Crippen LogP contribution is 2.16. The minimum atomic E-state index is -0.249. The summed E-state index contributed by atoms with van der Waals surface area (Å²) >= 11 is 0. The predicted molar refractivity (Wildman–Crippen MR) is 83.7 cm³/mol. The standard InChI is InChI=1S/C15H18FN3O.ClH/c1-10(8-12-4-6-13(16)7-5-12)15-18-14(19-20-15)9-11(2)17-3;/h4-8,11,17H,9H2,1-3H3;1H/b10-8+;. The van der Waals surface area contributed by atoms with Gasteiger partial charge in [0.25, 0.3) is 5.89 Å². The molecule has 0 radical (unpaired) electrons. The van der Waals surface area contributed by atoms with E-state index in [9.17, 15) is 4.39 Å². The molecule has 114 valence electrons. The fraction of sp³-hybridized carbons (Fsp3) is 0.333. The van der Waals surface area contributed by atoms with Crippen LogP contribution in [-0.2, 0) is 6.42 Å². The molecule has 0 saturated carbocycles. The van der Waals surface area contributed by atoms with Gasteiger partial charge in [0, 0.05) is 18.0 Å². The van der Waals surface area contributed by atoms with Gasteiger partial charge in [0.2, 0.25) is 0 Å². The summed E-state index contributed by atoms with van der Waals surface area (Å²) in [5.41, 5.74) is 1.75. The maximum absolute atomic E-state index is 12.8. The van der Waals surface area contributed by atoms with Gasteiger partial charge >= 0.3 is 0 Å². The van der Waals surface area contributed by atoms with Gasteiger partial charge in [0.15, 0.2) is 5.82 Å². The quantitative estimate of drug-likeness (QED) is 0.920. The van der Waals surface area contributed by atoms with Gasteiger partial charge in [-0.2, -0.15) is 4.98 Å². The average molecular weight is 312 g/mol. The molecule has 1 aromatic heterocycles. The molecule has 6 heteroatoms. The molecule has 1 aromatic carbocycles. The molecule has 1 N–H and O–H groups in total. The first-order chi connectivity index (χ1) is 9.58. The van der Waals surface area contributed by atoms with Crippen LogP contribution in [0.5, 0.6) is 0 Å². The van der Waals surface area contributed by atoms with Gasteiger partial charge in [-0.15, -0.1) is 12.4 Å². The zero-order valence-electron chi connectivity index (χ0n) is 12.3. The molecule has 2 rings (SSSR count). The minimum Gasteiger partial charge on any atom is -0.334 e. The Morgan fingerprint density at radius 1 is 1.38 bits per heavy atom. The first kappa shape index (κ1) is 17.3. The number of rotatable bonds is 5. The van der Waals surface area contributed by atoms with E-state index in [2.05, 4.69) is 22.4 Å². The van der Waals surface area contributed by atoms with Crippen LogP contribution in [0, 0.1) is 5.82 Å². The lowest BCUT2D eigenvalue weighted by Gasteiger charge is -2.04. The Hall–Kier alpha value is -1.72. The largest absolute Gasteiger partial charge is 0.334 e. The Kier molecular flexibility index (Phi) is 6.52. The van der Waals surface area contributed by atoms with Crippen LogP contribution in [0.3, 0.4) is 0 Å². The van der Waals surface area contributed by atoms with E-state index in [0.29, 0.717) is 24.2 Å². The highest BCUT2D eigenvalue weighted by molar-refractivity contribution is 5.85. The summed E-state index contributed by atoms with van der Waals surface area (Å²) in [6.07, 6.45) is 2.60. The van der Waals surface area contributed by atoms with Crippen molar-refractivity contribution in [3.05, 3.63) is 47.4 Å². The lowest BCUT2D eigenvalue weighted by atomic mass is 10.1. The number of benzene rings is 1. The summed E-state index contributed by atoms with van der Waals surface area (Å²) in [6, 6.07) is 6.56. The van der Waals surface area contributed by atoms with E-state index in [0.717, 1.165) is 11.1 Å². The smallest absolute Gasteiger partial charge is 0.253 e. The third kappa shape index (κ3) is 4.95. The number of hydrogen-bond donors (Lipinski definition) is 1. The van der Waals surface area contributed by atoms with Gasteiger partial charge in [0.1, 0.15) is 5.82 Å². The summed E-state index contributed by atoms with van der Waals surface area (Å²) in [6.45, 7) is 3.94.